The van der Waals surface area contributed by atoms with Crippen molar-refractivity contribution in [3.05, 3.63) is 70.4 Å². The molecule has 8 heteroatoms. The van der Waals surface area contributed by atoms with Gasteiger partial charge >= 0.3 is 5.97 Å². The molecule has 0 radical (unpaired) electrons. The fraction of sp³-hybridized carbons (Fsp3) is 0.321. The molecule has 1 heterocycles. The maximum atomic E-state index is 12.5. The zero-order chi connectivity index (χ0) is 26.4. The van der Waals surface area contributed by atoms with E-state index < -0.39 is 5.97 Å². The van der Waals surface area contributed by atoms with Crippen LogP contribution in [-0.4, -0.2) is 60.1 Å². The molecule has 3 aromatic rings. The number of carboxylic acids is 1. The monoisotopic (exact) mass is 491 g/mol. The molecule has 0 fully saturated rings. The molecule has 8 nitrogen and oxygen atoms in total. The summed E-state index contributed by atoms with van der Waals surface area (Å²) in [5, 5.41) is 13.2. The number of rotatable bonds is 10. The number of fused-ring (bicyclic) bond motifs is 1. The third kappa shape index (κ3) is 6.13. The summed E-state index contributed by atoms with van der Waals surface area (Å²) >= 11 is 0. The van der Waals surface area contributed by atoms with Crippen LogP contribution in [0.5, 0.6) is 5.75 Å². The molecule has 0 saturated heterocycles. The lowest BCUT2D eigenvalue weighted by Crippen LogP contribution is -2.25. The van der Waals surface area contributed by atoms with Gasteiger partial charge in [-0.3, -0.25) is 9.59 Å². The Labute approximate surface area is 211 Å². The summed E-state index contributed by atoms with van der Waals surface area (Å²) in [4.78, 5) is 37.7. The topological polar surface area (TPSA) is 101 Å². The van der Waals surface area contributed by atoms with Crippen molar-refractivity contribution in [1.82, 2.24) is 14.8 Å². The molecule has 2 amide bonds. The number of amides is 2. The molecule has 2 aromatic carbocycles. The van der Waals surface area contributed by atoms with Gasteiger partial charge in [0.15, 0.2) is 0 Å². The second-order valence-electron chi connectivity index (χ2n) is 8.94. The number of nitrogens with one attached hydrogen (secondary N) is 1. The lowest BCUT2D eigenvalue weighted by molar-refractivity contribution is -0.129. The van der Waals surface area contributed by atoms with E-state index in [4.69, 9.17) is 4.74 Å². The highest BCUT2D eigenvalue weighted by Gasteiger charge is 2.16. The van der Waals surface area contributed by atoms with Crippen LogP contribution in [0.2, 0.25) is 0 Å². The molecule has 2 N–H and O–H groups in total. The first kappa shape index (κ1) is 26.5. The van der Waals surface area contributed by atoms with Crippen LogP contribution in [0.3, 0.4) is 0 Å². The summed E-state index contributed by atoms with van der Waals surface area (Å²) in [5.41, 5.74) is 4.32. The Morgan fingerprint density at radius 1 is 1.11 bits per heavy atom. The first-order valence-corrected chi connectivity index (χ1v) is 11.8. The van der Waals surface area contributed by atoms with Crippen molar-refractivity contribution in [2.75, 3.05) is 27.7 Å². The zero-order valence-electron chi connectivity index (χ0n) is 21.4. The van der Waals surface area contributed by atoms with Crippen LogP contribution >= 0.6 is 0 Å². The van der Waals surface area contributed by atoms with Crippen molar-refractivity contribution in [2.45, 2.75) is 33.2 Å². The van der Waals surface area contributed by atoms with Gasteiger partial charge in [-0.2, -0.15) is 0 Å². The minimum atomic E-state index is -1.02. The second kappa shape index (κ2) is 11.6. The number of aromatic nitrogens is 1. The molecule has 0 saturated carbocycles. The van der Waals surface area contributed by atoms with Crippen LogP contribution in [0, 0.1) is 0 Å². The number of hydrogen-bond donors (Lipinski definition) is 2. The van der Waals surface area contributed by atoms with E-state index >= 15 is 0 Å². The number of ether oxygens (including phenoxy) is 1. The van der Waals surface area contributed by atoms with Gasteiger partial charge in [0, 0.05) is 49.7 Å². The van der Waals surface area contributed by atoms with E-state index in [9.17, 15) is 19.5 Å². The van der Waals surface area contributed by atoms with Gasteiger partial charge in [-0.05, 0) is 60.4 Å². The molecule has 0 bridgehead atoms. The summed E-state index contributed by atoms with van der Waals surface area (Å²) in [5.74, 6) is -0.670. The van der Waals surface area contributed by atoms with Crippen LogP contribution in [0.15, 0.2) is 48.2 Å². The molecule has 0 aliphatic carbocycles. The Balaban J connectivity index is 2.07. The first-order valence-electron chi connectivity index (χ1n) is 11.8. The number of nitrogens with zero attached hydrogens (tertiary/aromatic N) is 2. The number of hydrogen-bond acceptors (Lipinski definition) is 4. The van der Waals surface area contributed by atoms with Crippen LogP contribution in [0.4, 0.5) is 0 Å². The van der Waals surface area contributed by atoms with Gasteiger partial charge in [0.05, 0.1) is 12.7 Å². The lowest BCUT2D eigenvalue weighted by atomic mass is 10.00. The largest absolute Gasteiger partial charge is 0.496 e. The average molecular weight is 492 g/mol. The molecular formula is C28H33N3O5. The number of carbonyl (C=O) groups excluding carboxylic acids is 2. The third-order valence-corrected chi connectivity index (χ3v) is 5.98. The van der Waals surface area contributed by atoms with Gasteiger partial charge < -0.3 is 24.6 Å². The third-order valence-electron chi connectivity index (χ3n) is 5.98. The molecule has 0 unspecified atom stereocenters. The number of carbonyl (C=O) groups is 3. The average Bonchev–Trinajstić information content (AvgIpc) is 3.18. The molecule has 36 heavy (non-hydrogen) atoms. The highest BCUT2D eigenvalue weighted by Crippen LogP contribution is 2.30. The summed E-state index contributed by atoms with van der Waals surface area (Å²) in [6, 6.07) is 10.7. The van der Waals surface area contributed by atoms with Gasteiger partial charge in [0.1, 0.15) is 12.3 Å². The highest BCUT2D eigenvalue weighted by atomic mass is 16.5. The quantitative estimate of drug-likeness (QED) is 0.418. The Morgan fingerprint density at radius 3 is 2.50 bits per heavy atom. The fourth-order valence-electron chi connectivity index (χ4n) is 3.96. The maximum Gasteiger partial charge on any atom is 0.335 e. The van der Waals surface area contributed by atoms with E-state index in [0.29, 0.717) is 24.3 Å². The summed E-state index contributed by atoms with van der Waals surface area (Å²) in [6.07, 6.45) is 5.14. The van der Waals surface area contributed by atoms with Gasteiger partial charge in [-0.1, -0.05) is 19.1 Å². The van der Waals surface area contributed by atoms with Crippen molar-refractivity contribution < 1.29 is 24.2 Å². The van der Waals surface area contributed by atoms with Crippen LogP contribution in [-0.2, 0) is 22.6 Å². The van der Waals surface area contributed by atoms with E-state index in [1.807, 2.05) is 42.0 Å². The van der Waals surface area contributed by atoms with Crippen molar-refractivity contribution in [3.8, 4) is 5.75 Å². The number of benzene rings is 2. The summed E-state index contributed by atoms with van der Waals surface area (Å²) in [7, 11) is 4.96. The molecule has 0 spiro atoms. The zero-order valence-corrected chi connectivity index (χ0v) is 21.4. The van der Waals surface area contributed by atoms with Crippen LogP contribution in [0.25, 0.3) is 17.0 Å². The number of likely N-dealkylation sites (N-methyl/N-ethyl adjacent to an activating group) is 1. The number of carboxylic acid groups (broad SMARTS) is 1. The minimum absolute atomic E-state index is 0.0331. The van der Waals surface area contributed by atoms with Crippen molar-refractivity contribution in [1.29, 1.82) is 0 Å². The standard InChI is InChI=1S/C28H33N3O5/c1-6-11-29-27(33)18(2)12-19-7-10-24-23(13-19)22(16-31(24)17-26(32)30(3)4)14-20-8-9-21(28(34)35)15-25(20)36-5/h7-10,12-13,15-16H,6,11,14,17H2,1-5H3,(H,29,33)(H,34,35). The minimum Gasteiger partial charge on any atom is -0.496 e. The molecular weight excluding hydrogens is 458 g/mol. The predicted molar refractivity (Wildman–Crippen MR) is 140 cm³/mol. The van der Waals surface area contributed by atoms with E-state index in [1.165, 1.54) is 13.2 Å². The molecule has 0 atom stereocenters. The van der Waals surface area contributed by atoms with E-state index in [1.54, 1.807) is 38.1 Å². The maximum absolute atomic E-state index is 12.5. The number of aromatic carboxylic acids is 1. The van der Waals surface area contributed by atoms with E-state index in [-0.39, 0.29) is 23.9 Å². The van der Waals surface area contributed by atoms with Gasteiger partial charge in [-0.15, -0.1) is 0 Å². The first-order chi connectivity index (χ1) is 17.1. The van der Waals surface area contributed by atoms with E-state index in [0.717, 1.165) is 34.0 Å². The van der Waals surface area contributed by atoms with Gasteiger partial charge in [0.25, 0.3) is 0 Å². The molecule has 1 aromatic heterocycles. The normalized spacial score (nSPS) is 11.4. The molecule has 0 aliphatic rings. The second-order valence-corrected chi connectivity index (χ2v) is 8.94. The molecule has 0 aliphatic heterocycles. The smallest absolute Gasteiger partial charge is 0.335 e. The highest BCUT2D eigenvalue weighted by molar-refractivity contribution is 5.98. The van der Waals surface area contributed by atoms with E-state index in [2.05, 4.69) is 5.32 Å². The molecule has 3 rings (SSSR count). The fourth-order valence-corrected chi connectivity index (χ4v) is 3.96. The predicted octanol–water partition coefficient (Wildman–Crippen LogP) is 3.96. The van der Waals surface area contributed by atoms with Crippen LogP contribution < -0.4 is 10.1 Å². The van der Waals surface area contributed by atoms with Crippen molar-refractivity contribution >= 4 is 34.8 Å². The van der Waals surface area contributed by atoms with Gasteiger partial charge in [-0.25, -0.2) is 4.79 Å². The van der Waals surface area contributed by atoms with Crippen molar-refractivity contribution in [3.63, 3.8) is 0 Å². The number of methoxy groups -OCH3 is 1. The van der Waals surface area contributed by atoms with Gasteiger partial charge in [0.2, 0.25) is 11.8 Å². The Morgan fingerprint density at radius 2 is 1.86 bits per heavy atom. The molecule has 190 valence electrons. The Bertz CT molecular complexity index is 1320. The SMILES string of the molecule is CCCNC(=O)C(C)=Cc1ccc2c(c1)c(Cc1ccc(C(=O)O)cc1OC)cn2CC(=O)N(C)C. The lowest BCUT2D eigenvalue weighted by Gasteiger charge is -2.11. The Kier molecular flexibility index (Phi) is 8.53. The summed E-state index contributed by atoms with van der Waals surface area (Å²) < 4.78 is 7.39. The van der Waals surface area contributed by atoms with Crippen molar-refractivity contribution in [2.24, 2.45) is 0 Å². The summed E-state index contributed by atoms with van der Waals surface area (Å²) in [6.45, 7) is 4.60. The van der Waals surface area contributed by atoms with Crippen LogP contribution in [0.1, 0.15) is 47.3 Å². The Hall–Kier alpha value is -4.07.